The zero-order valence-corrected chi connectivity index (χ0v) is 16.8. The molecule has 28 heavy (non-hydrogen) atoms. The van der Waals surface area contributed by atoms with Crippen molar-refractivity contribution in [3.8, 4) is 11.3 Å². The van der Waals surface area contributed by atoms with Gasteiger partial charge >= 0.3 is 0 Å². The largest absolute Gasteiger partial charge is 0.441 e. The molecule has 3 aromatic rings. The summed E-state index contributed by atoms with van der Waals surface area (Å²) in [4.78, 5) is 20.6. The fourth-order valence-electron chi connectivity index (χ4n) is 3.00. The zero-order valence-electron chi connectivity index (χ0n) is 16.8. The van der Waals surface area contributed by atoms with Crippen molar-refractivity contribution in [3.63, 3.8) is 0 Å². The maximum Gasteiger partial charge on any atom is 0.222 e. The first-order valence-electron chi connectivity index (χ1n) is 9.53. The number of aryl methyl sites for hydroxylation is 1. The van der Waals surface area contributed by atoms with Gasteiger partial charge in [0.25, 0.3) is 0 Å². The van der Waals surface area contributed by atoms with Gasteiger partial charge in [-0.3, -0.25) is 4.79 Å². The Balaban J connectivity index is 1.45. The first kappa shape index (κ1) is 19.7. The van der Waals surface area contributed by atoms with Crippen molar-refractivity contribution >= 4 is 11.6 Å². The second-order valence-corrected chi connectivity index (χ2v) is 7.15. The third-order valence-electron chi connectivity index (χ3n) is 4.69. The fourth-order valence-corrected chi connectivity index (χ4v) is 3.00. The van der Waals surface area contributed by atoms with Gasteiger partial charge in [-0.25, -0.2) is 4.98 Å². The highest BCUT2D eigenvalue weighted by Gasteiger charge is 2.11. The van der Waals surface area contributed by atoms with E-state index in [1.807, 2.05) is 51.5 Å². The van der Waals surface area contributed by atoms with Crippen LogP contribution in [0.25, 0.3) is 11.3 Å². The minimum atomic E-state index is 0.131. The van der Waals surface area contributed by atoms with Gasteiger partial charge in [-0.05, 0) is 24.1 Å². The van der Waals surface area contributed by atoms with E-state index in [2.05, 4.69) is 34.1 Å². The molecule has 146 valence electrons. The third kappa shape index (κ3) is 5.22. The molecule has 0 N–H and O–H groups in total. The number of aromatic nitrogens is 1. The van der Waals surface area contributed by atoms with Crippen LogP contribution in [0.3, 0.4) is 0 Å². The Morgan fingerprint density at radius 1 is 1.00 bits per heavy atom. The summed E-state index contributed by atoms with van der Waals surface area (Å²) in [6, 6.07) is 18.2. The first-order chi connectivity index (χ1) is 13.5. The minimum absolute atomic E-state index is 0.131. The summed E-state index contributed by atoms with van der Waals surface area (Å²) in [6.45, 7) is 0.615. The number of benzene rings is 2. The van der Waals surface area contributed by atoms with Crippen molar-refractivity contribution in [2.75, 3.05) is 26.0 Å². The molecular formula is C23H27N3O2. The standard InChI is InChI=1S/C23H27N3O2/c1-25(2)20-14-12-18(13-15-20)17-26(3)23(27)11-7-10-22-24-16-21(28-22)19-8-5-4-6-9-19/h4-6,8-9,12-16H,7,10-11,17H2,1-3H3. The lowest BCUT2D eigenvalue weighted by molar-refractivity contribution is -0.130. The molecule has 1 heterocycles. The molecule has 0 saturated heterocycles. The smallest absolute Gasteiger partial charge is 0.222 e. The van der Waals surface area contributed by atoms with Crippen molar-refractivity contribution in [2.45, 2.75) is 25.8 Å². The zero-order chi connectivity index (χ0) is 19.9. The van der Waals surface area contributed by atoms with Gasteiger partial charge in [0.15, 0.2) is 11.7 Å². The van der Waals surface area contributed by atoms with Crippen LogP contribution in [0.1, 0.15) is 24.3 Å². The molecule has 0 fully saturated rings. The van der Waals surface area contributed by atoms with E-state index in [0.717, 1.165) is 29.0 Å². The second-order valence-electron chi connectivity index (χ2n) is 7.15. The Morgan fingerprint density at radius 2 is 1.71 bits per heavy atom. The summed E-state index contributed by atoms with van der Waals surface area (Å²) in [6.07, 6.45) is 3.60. The third-order valence-corrected chi connectivity index (χ3v) is 4.69. The summed E-state index contributed by atoms with van der Waals surface area (Å²) in [5.74, 6) is 1.57. The van der Waals surface area contributed by atoms with Gasteiger partial charge in [0.05, 0.1) is 6.20 Å². The molecule has 0 spiro atoms. The summed E-state index contributed by atoms with van der Waals surface area (Å²) in [7, 11) is 5.88. The van der Waals surface area contributed by atoms with Crippen LogP contribution in [0, 0.1) is 0 Å². The lowest BCUT2D eigenvalue weighted by atomic mass is 10.1. The highest BCUT2D eigenvalue weighted by Crippen LogP contribution is 2.20. The molecule has 5 heteroatoms. The highest BCUT2D eigenvalue weighted by atomic mass is 16.4. The number of carbonyl (C=O) groups excluding carboxylic acids is 1. The van der Waals surface area contributed by atoms with E-state index in [0.29, 0.717) is 25.3 Å². The van der Waals surface area contributed by atoms with Gasteiger partial charge in [-0.15, -0.1) is 0 Å². The Kier molecular flexibility index (Phi) is 6.48. The van der Waals surface area contributed by atoms with E-state index < -0.39 is 0 Å². The predicted octanol–water partition coefficient (Wildman–Crippen LogP) is 4.39. The average molecular weight is 377 g/mol. The molecule has 0 aliphatic carbocycles. The molecule has 0 bridgehead atoms. The van der Waals surface area contributed by atoms with E-state index in [9.17, 15) is 4.79 Å². The van der Waals surface area contributed by atoms with E-state index >= 15 is 0 Å². The summed E-state index contributed by atoms with van der Waals surface area (Å²) >= 11 is 0. The van der Waals surface area contributed by atoms with Crippen LogP contribution in [0.5, 0.6) is 0 Å². The molecule has 0 saturated carbocycles. The molecule has 1 amide bonds. The fraction of sp³-hybridized carbons (Fsp3) is 0.304. The SMILES string of the molecule is CN(Cc1ccc(N(C)C)cc1)C(=O)CCCc1ncc(-c2ccccc2)o1. The van der Waals surface area contributed by atoms with Crippen molar-refractivity contribution in [1.29, 1.82) is 0 Å². The number of oxazole rings is 1. The van der Waals surface area contributed by atoms with Gasteiger partial charge in [-0.1, -0.05) is 42.5 Å². The molecule has 0 radical (unpaired) electrons. The lowest BCUT2D eigenvalue weighted by Crippen LogP contribution is -2.26. The van der Waals surface area contributed by atoms with E-state index in [4.69, 9.17) is 4.42 Å². The number of rotatable bonds is 8. The van der Waals surface area contributed by atoms with Crippen LogP contribution < -0.4 is 4.90 Å². The van der Waals surface area contributed by atoms with Crippen LogP contribution in [0.2, 0.25) is 0 Å². The normalized spacial score (nSPS) is 10.7. The number of hydrogen-bond donors (Lipinski definition) is 0. The molecule has 2 aromatic carbocycles. The number of anilines is 1. The summed E-state index contributed by atoms with van der Waals surface area (Å²) in [5, 5.41) is 0. The van der Waals surface area contributed by atoms with Crippen molar-refractivity contribution in [1.82, 2.24) is 9.88 Å². The highest BCUT2D eigenvalue weighted by molar-refractivity contribution is 5.75. The summed E-state index contributed by atoms with van der Waals surface area (Å²) in [5.41, 5.74) is 3.29. The number of amides is 1. The Labute approximate surface area is 166 Å². The van der Waals surface area contributed by atoms with Crippen LogP contribution >= 0.6 is 0 Å². The maximum atomic E-state index is 12.4. The summed E-state index contributed by atoms with van der Waals surface area (Å²) < 4.78 is 5.80. The average Bonchev–Trinajstić information content (AvgIpc) is 3.18. The van der Waals surface area contributed by atoms with Crippen LogP contribution in [0.4, 0.5) is 5.69 Å². The molecule has 0 atom stereocenters. The quantitative estimate of drug-likeness (QED) is 0.584. The van der Waals surface area contributed by atoms with Gasteiger partial charge in [0, 0.05) is 51.8 Å². The van der Waals surface area contributed by atoms with Crippen molar-refractivity contribution < 1.29 is 9.21 Å². The molecule has 3 rings (SSSR count). The first-order valence-corrected chi connectivity index (χ1v) is 9.53. The van der Waals surface area contributed by atoms with Gasteiger partial charge < -0.3 is 14.2 Å². The van der Waals surface area contributed by atoms with Crippen LogP contribution in [-0.2, 0) is 17.8 Å². The molecule has 1 aromatic heterocycles. The monoisotopic (exact) mass is 377 g/mol. The Hall–Kier alpha value is -3.08. The van der Waals surface area contributed by atoms with Gasteiger partial charge in [-0.2, -0.15) is 0 Å². The van der Waals surface area contributed by atoms with Crippen molar-refractivity contribution in [3.05, 3.63) is 72.2 Å². The van der Waals surface area contributed by atoms with E-state index in [-0.39, 0.29) is 5.91 Å². The molecule has 0 unspecified atom stereocenters. The van der Waals surface area contributed by atoms with E-state index in [1.54, 1.807) is 11.1 Å². The Morgan fingerprint density at radius 3 is 2.39 bits per heavy atom. The van der Waals surface area contributed by atoms with Crippen LogP contribution in [-0.4, -0.2) is 36.9 Å². The molecular weight excluding hydrogens is 350 g/mol. The number of carbonyl (C=O) groups is 1. The molecule has 0 aliphatic heterocycles. The minimum Gasteiger partial charge on any atom is -0.441 e. The van der Waals surface area contributed by atoms with Gasteiger partial charge in [0.2, 0.25) is 5.91 Å². The lowest BCUT2D eigenvalue weighted by Gasteiger charge is -2.18. The molecule has 0 aliphatic rings. The number of nitrogens with zero attached hydrogens (tertiary/aromatic N) is 3. The van der Waals surface area contributed by atoms with Crippen LogP contribution in [0.15, 0.2) is 65.2 Å². The Bertz CT molecular complexity index is 886. The van der Waals surface area contributed by atoms with Gasteiger partial charge in [0.1, 0.15) is 0 Å². The topological polar surface area (TPSA) is 49.6 Å². The van der Waals surface area contributed by atoms with Crippen molar-refractivity contribution in [2.24, 2.45) is 0 Å². The van der Waals surface area contributed by atoms with E-state index in [1.165, 1.54) is 0 Å². The maximum absolute atomic E-state index is 12.4. The second kappa shape index (κ2) is 9.22. The predicted molar refractivity (Wildman–Crippen MR) is 112 cm³/mol. The number of hydrogen-bond acceptors (Lipinski definition) is 4. The molecule has 5 nitrogen and oxygen atoms in total.